The number of carbonyl (C=O) groups excluding carboxylic acids is 2. The molecule has 0 radical (unpaired) electrons. The van der Waals surface area contributed by atoms with E-state index >= 15 is 0 Å². The fraction of sp³-hybridized carbons (Fsp3) is 0.700. The van der Waals surface area contributed by atoms with Crippen molar-refractivity contribution in [1.29, 1.82) is 5.26 Å². The van der Waals surface area contributed by atoms with E-state index in [1.54, 1.807) is 0 Å². The van der Waals surface area contributed by atoms with Crippen molar-refractivity contribution in [3.63, 3.8) is 0 Å². The number of hydrogen-bond acceptors (Lipinski definition) is 4. The lowest BCUT2D eigenvalue weighted by Crippen LogP contribution is -2.40. The molecule has 1 aliphatic rings. The van der Waals surface area contributed by atoms with Gasteiger partial charge in [-0.05, 0) is 12.8 Å². The molecule has 0 aromatic heterocycles. The molecule has 88 valence electrons. The minimum Gasteiger partial charge on any atom is -0.448 e. The predicted octanol–water partition coefficient (Wildman–Crippen LogP) is 0.282. The van der Waals surface area contributed by atoms with Crippen LogP contribution in [0.5, 0.6) is 0 Å². The van der Waals surface area contributed by atoms with Gasteiger partial charge in [0.15, 0.2) is 0 Å². The van der Waals surface area contributed by atoms with Gasteiger partial charge in [0.05, 0.1) is 12.6 Å². The minimum atomic E-state index is -0.882. The molecule has 6 heteroatoms. The van der Waals surface area contributed by atoms with Crippen LogP contribution in [0.4, 0.5) is 4.79 Å². The van der Waals surface area contributed by atoms with Crippen LogP contribution in [0.3, 0.4) is 0 Å². The van der Waals surface area contributed by atoms with Crippen LogP contribution >= 0.6 is 0 Å². The van der Waals surface area contributed by atoms with Gasteiger partial charge < -0.3 is 15.8 Å². The first-order valence-electron chi connectivity index (χ1n) is 5.22. The van der Waals surface area contributed by atoms with E-state index in [-0.39, 0.29) is 19.1 Å². The number of rotatable bonds is 4. The Morgan fingerprint density at radius 2 is 2.06 bits per heavy atom. The second kappa shape index (κ2) is 5.35. The molecule has 1 rings (SSSR count). The average Bonchev–Trinajstić information content (AvgIpc) is 2.73. The topological polar surface area (TPSA) is 105 Å². The average molecular weight is 225 g/mol. The van der Waals surface area contributed by atoms with Gasteiger partial charge >= 0.3 is 6.09 Å². The minimum absolute atomic E-state index is 0.0303. The van der Waals surface area contributed by atoms with Gasteiger partial charge in [-0.3, -0.25) is 4.79 Å². The summed E-state index contributed by atoms with van der Waals surface area (Å²) in [6.45, 7) is 0.216. The molecule has 0 aliphatic heterocycles. The van der Waals surface area contributed by atoms with Gasteiger partial charge in [0.1, 0.15) is 12.0 Å². The van der Waals surface area contributed by atoms with Crippen molar-refractivity contribution < 1.29 is 14.3 Å². The van der Waals surface area contributed by atoms with Gasteiger partial charge in [-0.1, -0.05) is 12.8 Å². The van der Waals surface area contributed by atoms with Gasteiger partial charge in [0, 0.05) is 0 Å². The monoisotopic (exact) mass is 225 g/mol. The summed E-state index contributed by atoms with van der Waals surface area (Å²) in [5, 5.41) is 11.6. The molecular weight excluding hydrogens is 210 g/mol. The number of nitrogens with one attached hydrogen (secondary N) is 1. The maximum Gasteiger partial charge on any atom is 0.404 e. The van der Waals surface area contributed by atoms with Crippen molar-refractivity contribution in [2.45, 2.75) is 25.7 Å². The lowest BCUT2D eigenvalue weighted by atomic mass is 9.87. The highest BCUT2D eigenvalue weighted by molar-refractivity contribution is 5.85. The lowest BCUT2D eigenvalue weighted by molar-refractivity contribution is -0.128. The summed E-state index contributed by atoms with van der Waals surface area (Å²) in [5.74, 6) is -0.277. The van der Waals surface area contributed by atoms with Gasteiger partial charge in [-0.25, -0.2) is 4.79 Å². The van der Waals surface area contributed by atoms with Crippen LogP contribution in [0, 0.1) is 16.7 Å². The number of nitriles is 1. The molecule has 6 nitrogen and oxygen atoms in total. The second-order valence-corrected chi connectivity index (χ2v) is 3.82. The molecule has 0 bridgehead atoms. The van der Waals surface area contributed by atoms with Crippen LogP contribution in [0.25, 0.3) is 0 Å². The van der Waals surface area contributed by atoms with Crippen LogP contribution in [0.2, 0.25) is 0 Å². The summed E-state index contributed by atoms with van der Waals surface area (Å²) >= 11 is 0. The first kappa shape index (κ1) is 12.3. The highest BCUT2D eigenvalue weighted by Gasteiger charge is 2.41. The van der Waals surface area contributed by atoms with Gasteiger partial charge in [0.25, 0.3) is 0 Å². The first-order valence-corrected chi connectivity index (χ1v) is 5.22. The Bertz CT molecular complexity index is 316. The molecule has 3 N–H and O–H groups in total. The SMILES string of the molecule is N#CC1(C(=O)NCCOC(N)=O)CCCC1. The van der Waals surface area contributed by atoms with Crippen molar-refractivity contribution in [3.05, 3.63) is 0 Å². The zero-order valence-corrected chi connectivity index (χ0v) is 8.99. The number of hydrogen-bond donors (Lipinski definition) is 2. The summed E-state index contributed by atoms with van der Waals surface area (Å²) < 4.78 is 4.46. The maximum absolute atomic E-state index is 11.7. The standard InChI is InChI=1S/C10H15N3O3/c11-7-10(3-1-2-4-10)8(14)13-5-6-16-9(12)15/h1-6H2,(H2,12,15)(H,13,14). The Balaban J connectivity index is 2.34. The smallest absolute Gasteiger partial charge is 0.404 e. The molecule has 0 aromatic rings. The fourth-order valence-electron chi connectivity index (χ4n) is 1.85. The first-order chi connectivity index (χ1) is 7.60. The molecule has 1 saturated carbocycles. The highest BCUT2D eigenvalue weighted by Crippen LogP contribution is 2.37. The van der Waals surface area contributed by atoms with Crippen LogP contribution in [-0.4, -0.2) is 25.2 Å². The largest absolute Gasteiger partial charge is 0.448 e. The fourth-order valence-corrected chi connectivity index (χ4v) is 1.85. The highest BCUT2D eigenvalue weighted by atomic mass is 16.5. The third kappa shape index (κ3) is 2.86. The Hall–Kier alpha value is -1.77. The van der Waals surface area contributed by atoms with Crippen LogP contribution in [0.1, 0.15) is 25.7 Å². The summed E-state index contributed by atoms with van der Waals surface area (Å²) in [6, 6.07) is 2.08. The molecule has 0 aromatic carbocycles. The molecule has 2 amide bonds. The van der Waals surface area contributed by atoms with Crippen molar-refractivity contribution >= 4 is 12.0 Å². The van der Waals surface area contributed by atoms with E-state index in [2.05, 4.69) is 16.1 Å². The molecule has 0 unspecified atom stereocenters. The molecule has 16 heavy (non-hydrogen) atoms. The number of carbonyl (C=O) groups is 2. The molecular formula is C10H15N3O3. The van der Waals surface area contributed by atoms with Gasteiger partial charge in [-0.2, -0.15) is 5.26 Å². The van der Waals surface area contributed by atoms with E-state index in [4.69, 9.17) is 11.0 Å². The Kier molecular flexibility index (Phi) is 4.11. The molecule has 1 aliphatic carbocycles. The molecule has 0 spiro atoms. The Morgan fingerprint density at radius 3 is 2.56 bits per heavy atom. The molecule has 0 atom stereocenters. The van der Waals surface area contributed by atoms with E-state index in [0.717, 1.165) is 12.8 Å². The van der Waals surface area contributed by atoms with Gasteiger partial charge in [-0.15, -0.1) is 0 Å². The lowest BCUT2D eigenvalue weighted by Gasteiger charge is -2.18. The number of primary amides is 1. The number of amides is 2. The van der Waals surface area contributed by atoms with E-state index in [0.29, 0.717) is 12.8 Å². The van der Waals surface area contributed by atoms with E-state index < -0.39 is 11.5 Å². The second-order valence-electron chi connectivity index (χ2n) is 3.82. The third-order valence-corrected chi connectivity index (χ3v) is 2.74. The Morgan fingerprint density at radius 1 is 1.44 bits per heavy atom. The van der Waals surface area contributed by atoms with Crippen molar-refractivity contribution in [2.75, 3.05) is 13.2 Å². The van der Waals surface area contributed by atoms with Crippen LogP contribution in [0.15, 0.2) is 0 Å². The van der Waals surface area contributed by atoms with Crippen LogP contribution < -0.4 is 11.1 Å². The number of nitrogens with two attached hydrogens (primary N) is 1. The van der Waals surface area contributed by atoms with E-state index in [9.17, 15) is 9.59 Å². The van der Waals surface area contributed by atoms with Crippen LogP contribution in [-0.2, 0) is 9.53 Å². The van der Waals surface area contributed by atoms with E-state index in [1.807, 2.05) is 0 Å². The van der Waals surface area contributed by atoms with E-state index in [1.165, 1.54) is 0 Å². The summed E-state index contributed by atoms with van der Waals surface area (Å²) in [7, 11) is 0. The zero-order valence-electron chi connectivity index (χ0n) is 8.99. The number of nitrogens with zero attached hydrogens (tertiary/aromatic N) is 1. The van der Waals surface area contributed by atoms with Crippen molar-refractivity contribution in [3.8, 4) is 6.07 Å². The van der Waals surface area contributed by atoms with Crippen molar-refractivity contribution in [2.24, 2.45) is 11.1 Å². The Labute approximate surface area is 93.7 Å². The third-order valence-electron chi connectivity index (χ3n) is 2.74. The molecule has 0 heterocycles. The molecule has 1 fully saturated rings. The quantitative estimate of drug-likeness (QED) is 0.670. The summed E-state index contributed by atoms with van der Waals surface area (Å²) in [6.07, 6.45) is 2.14. The van der Waals surface area contributed by atoms with Crippen molar-refractivity contribution in [1.82, 2.24) is 5.32 Å². The van der Waals surface area contributed by atoms with Gasteiger partial charge in [0.2, 0.25) is 5.91 Å². The zero-order chi connectivity index (χ0) is 12.0. The maximum atomic E-state index is 11.7. The number of ether oxygens (including phenoxy) is 1. The summed E-state index contributed by atoms with van der Waals surface area (Å²) in [5.41, 5.74) is 3.88. The molecule has 0 saturated heterocycles. The predicted molar refractivity (Wildman–Crippen MR) is 55.1 cm³/mol. The normalized spacial score (nSPS) is 17.4. The summed E-state index contributed by atoms with van der Waals surface area (Å²) in [4.78, 5) is 22.0.